The molecule has 0 radical (unpaired) electrons. The van der Waals surface area contributed by atoms with Gasteiger partial charge < -0.3 is 0 Å². The summed E-state index contributed by atoms with van der Waals surface area (Å²) in [5.41, 5.74) is 1.16. The molecule has 0 bridgehead atoms. The highest BCUT2D eigenvalue weighted by Crippen LogP contribution is 2.14. The SMILES string of the molecule is Cc1cccc2c(=O)n(-c3ncc(C#Cc4ccccc4)cc3F)c(=O)n(C)c12. The smallest absolute Gasteiger partial charge is 0.296 e. The lowest BCUT2D eigenvalue weighted by Crippen LogP contribution is -2.39. The minimum atomic E-state index is -0.795. The van der Waals surface area contributed by atoms with Crippen LogP contribution in [0.4, 0.5) is 4.39 Å². The van der Waals surface area contributed by atoms with Crippen LogP contribution in [0, 0.1) is 24.6 Å². The number of hydrogen-bond donors (Lipinski definition) is 0. The molecule has 0 amide bonds. The van der Waals surface area contributed by atoms with Crippen LogP contribution in [0.25, 0.3) is 16.7 Å². The predicted octanol–water partition coefficient (Wildman–Crippen LogP) is 2.93. The van der Waals surface area contributed by atoms with Gasteiger partial charge in [-0.15, -0.1) is 0 Å². The second kappa shape index (κ2) is 7.21. The summed E-state index contributed by atoms with van der Waals surface area (Å²) in [7, 11) is 1.55. The van der Waals surface area contributed by atoms with Gasteiger partial charge >= 0.3 is 5.69 Å². The molecule has 2 aromatic heterocycles. The van der Waals surface area contributed by atoms with Gasteiger partial charge in [0.2, 0.25) is 0 Å². The number of para-hydroxylation sites is 1. The molecule has 0 aliphatic heterocycles. The van der Waals surface area contributed by atoms with Crippen molar-refractivity contribution in [3.05, 3.63) is 104 Å². The Kier molecular flexibility index (Phi) is 4.57. The van der Waals surface area contributed by atoms with E-state index >= 15 is 0 Å². The van der Waals surface area contributed by atoms with Gasteiger partial charge in [0.15, 0.2) is 11.6 Å². The number of aromatic nitrogens is 3. The molecule has 0 saturated carbocycles. The van der Waals surface area contributed by atoms with E-state index in [1.165, 1.54) is 16.8 Å². The van der Waals surface area contributed by atoms with E-state index in [2.05, 4.69) is 16.8 Å². The Bertz CT molecular complexity index is 1420. The molecular weight excluding hydrogens is 369 g/mol. The molecule has 4 aromatic rings. The molecule has 0 fully saturated rings. The van der Waals surface area contributed by atoms with Gasteiger partial charge in [0.05, 0.1) is 10.9 Å². The molecule has 0 N–H and O–H groups in total. The summed E-state index contributed by atoms with van der Waals surface area (Å²) >= 11 is 0. The van der Waals surface area contributed by atoms with E-state index in [9.17, 15) is 14.0 Å². The van der Waals surface area contributed by atoms with Crippen molar-refractivity contribution in [2.24, 2.45) is 7.05 Å². The number of pyridine rings is 1. The summed E-state index contributed by atoms with van der Waals surface area (Å²) < 4.78 is 16.9. The van der Waals surface area contributed by atoms with E-state index in [0.29, 0.717) is 16.5 Å². The maximum atomic E-state index is 14.8. The van der Waals surface area contributed by atoms with Gasteiger partial charge in [0.25, 0.3) is 5.56 Å². The first-order valence-electron chi connectivity index (χ1n) is 8.92. The highest BCUT2D eigenvalue weighted by atomic mass is 19.1. The van der Waals surface area contributed by atoms with E-state index in [4.69, 9.17) is 0 Å². The van der Waals surface area contributed by atoms with E-state index in [1.807, 2.05) is 43.3 Å². The molecule has 2 aromatic carbocycles. The molecule has 2 heterocycles. The lowest BCUT2D eigenvalue weighted by atomic mass is 10.1. The highest BCUT2D eigenvalue weighted by Gasteiger charge is 2.17. The first kappa shape index (κ1) is 18.4. The molecule has 4 rings (SSSR count). The fraction of sp³-hybridized carbons (Fsp3) is 0.0870. The summed E-state index contributed by atoms with van der Waals surface area (Å²) in [4.78, 5) is 29.7. The van der Waals surface area contributed by atoms with Crippen LogP contribution < -0.4 is 11.2 Å². The fourth-order valence-corrected chi connectivity index (χ4v) is 3.25. The molecule has 142 valence electrons. The summed E-state index contributed by atoms with van der Waals surface area (Å²) in [6.45, 7) is 1.81. The molecule has 0 spiro atoms. The predicted molar refractivity (Wildman–Crippen MR) is 110 cm³/mol. The Labute approximate surface area is 165 Å². The molecule has 6 heteroatoms. The first-order valence-corrected chi connectivity index (χ1v) is 8.92. The van der Waals surface area contributed by atoms with Gasteiger partial charge in [0.1, 0.15) is 0 Å². The Hall–Kier alpha value is -3.98. The molecule has 5 nitrogen and oxygen atoms in total. The third-order valence-electron chi connectivity index (χ3n) is 4.64. The number of rotatable bonds is 1. The molecule has 0 unspecified atom stereocenters. The van der Waals surface area contributed by atoms with Crippen LogP contribution in [-0.2, 0) is 7.05 Å². The summed E-state index contributed by atoms with van der Waals surface area (Å²) in [5, 5.41) is 0.321. The zero-order valence-corrected chi connectivity index (χ0v) is 15.8. The lowest BCUT2D eigenvalue weighted by molar-refractivity contribution is 0.598. The monoisotopic (exact) mass is 385 g/mol. The van der Waals surface area contributed by atoms with Crippen molar-refractivity contribution in [2.75, 3.05) is 0 Å². The van der Waals surface area contributed by atoms with Gasteiger partial charge in [-0.3, -0.25) is 9.36 Å². The van der Waals surface area contributed by atoms with Crippen LogP contribution in [-0.4, -0.2) is 14.1 Å². The van der Waals surface area contributed by atoms with Crippen molar-refractivity contribution in [1.29, 1.82) is 0 Å². The second-order valence-electron chi connectivity index (χ2n) is 6.60. The molecule has 0 atom stereocenters. The largest absolute Gasteiger partial charge is 0.337 e. The molecule has 0 aliphatic rings. The van der Waals surface area contributed by atoms with E-state index in [1.54, 1.807) is 19.2 Å². The number of nitrogens with zero attached hydrogens (tertiary/aromatic N) is 3. The molecule has 0 aliphatic carbocycles. The number of fused-ring (bicyclic) bond motifs is 1. The van der Waals surface area contributed by atoms with Crippen molar-refractivity contribution in [2.45, 2.75) is 6.92 Å². The van der Waals surface area contributed by atoms with Gasteiger partial charge in [-0.05, 0) is 36.8 Å². The van der Waals surface area contributed by atoms with E-state index in [0.717, 1.165) is 15.7 Å². The van der Waals surface area contributed by atoms with E-state index in [-0.39, 0.29) is 5.82 Å². The lowest BCUT2D eigenvalue weighted by Gasteiger charge is -2.12. The molecule has 29 heavy (non-hydrogen) atoms. The van der Waals surface area contributed by atoms with Crippen LogP contribution in [0.15, 0.2) is 70.4 Å². The van der Waals surface area contributed by atoms with Crippen LogP contribution >= 0.6 is 0 Å². The maximum Gasteiger partial charge on any atom is 0.337 e. The molecule has 0 saturated heterocycles. The minimum absolute atomic E-state index is 0.321. The third-order valence-corrected chi connectivity index (χ3v) is 4.64. The average molecular weight is 385 g/mol. The third kappa shape index (κ3) is 3.23. The standard InChI is InChI=1S/C23H16FN3O2/c1-15-7-6-10-18-20(15)26(2)23(29)27(22(18)28)21-19(24)13-17(14-25-21)12-11-16-8-4-3-5-9-16/h3-10,13-14H,1-2H3. The zero-order chi connectivity index (χ0) is 20.5. The van der Waals surface area contributed by atoms with Crippen molar-refractivity contribution in [3.63, 3.8) is 0 Å². The Morgan fingerprint density at radius 1 is 0.966 bits per heavy atom. The van der Waals surface area contributed by atoms with Crippen LogP contribution in [0.3, 0.4) is 0 Å². The van der Waals surface area contributed by atoms with Gasteiger partial charge in [-0.25, -0.2) is 18.7 Å². The van der Waals surface area contributed by atoms with Crippen molar-refractivity contribution >= 4 is 10.9 Å². The van der Waals surface area contributed by atoms with Crippen LogP contribution in [0.1, 0.15) is 16.7 Å². The minimum Gasteiger partial charge on any atom is -0.296 e. The van der Waals surface area contributed by atoms with Crippen molar-refractivity contribution in [3.8, 4) is 17.7 Å². The highest BCUT2D eigenvalue weighted by molar-refractivity contribution is 5.81. The number of aryl methyl sites for hydroxylation is 2. The first-order chi connectivity index (χ1) is 14.0. The Morgan fingerprint density at radius 3 is 2.41 bits per heavy atom. The van der Waals surface area contributed by atoms with Crippen molar-refractivity contribution in [1.82, 2.24) is 14.1 Å². The van der Waals surface area contributed by atoms with Gasteiger partial charge in [0, 0.05) is 24.4 Å². The average Bonchev–Trinajstić information content (AvgIpc) is 2.72. The van der Waals surface area contributed by atoms with Gasteiger partial charge in [-0.1, -0.05) is 42.2 Å². The van der Waals surface area contributed by atoms with E-state index < -0.39 is 17.1 Å². The topological polar surface area (TPSA) is 56.9 Å². The number of halogens is 1. The second-order valence-corrected chi connectivity index (χ2v) is 6.60. The maximum absolute atomic E-state index is 14.8. The fourth-order valence-electron chi connectivity index (χ4n) is 3.25. The summed E-state index contributed by atoms with van der Waals surface area (Å²) in [5.74, 6) is 4.61. The molecular formula is C23H16FN3O2. The number of hydrogen-bond acceptors (Lipinski definition) is 3. The number of benzene rings is 2. The quantitative estimate of drug-likeness (QED) is 0.474. The zero-order valence-electron chi connectivity index (χ0n) is 15.8. The van der Waals surface area contributed by atoms with Crippen LogP contribution in [0.5, 0.6) is 0 Å². The normalized spacial score (nSPS) is 10.6. The Balaban J connectivity index is 1.87. The summed E-state index contributed by atoms with van der Waals surface area (Å²) in [6, 6.07) is 15.6. The summed E-state index contributed by atoms with van der Waals surface area (Å²) in [6.07, 6.45) is 1.35. The van der Waals surface area contributed by atoms with Gasteiger partial charge in [-0.2, -0.15) is 0 Å². The van der Waals surface area contributed by atoms with Crippen molar-refractivity contribution < 1.29 is 4.39 Å². The van der Waals surface area contributed by atoms with Crippen LogP contribution in [0.2, 0.25) is 0 Å². The Morgan fingerprint density at radius 2 is 1.69 bits per heavy atom.